The van der Waals surface area contributed by atoms with Gasteiger partial charge in [0.15, 0.2) is 0 Å². The average Bonchev–Trinajstić information content (AvgIpc) is 2.45. The van der Waals surface area contributed by atoms with E-state index in [0.29, 0.717) is 12.1 Å². The van der Waals surface area contributed by atoms with Gasteiger partial charge in [-0.25, -0.2) is 9.97 Å². The summed E-state index contributed by atoms with van der Waals surface area (Å²) >= 11 is 0. The summed E-state index contributed by atoms with van der Waals surface area (Å²) in [5, 5.41) is 2.73. The number of anilines is 1. The molecule has 2 aromatic rings. The smallest absolute Gasteiger partial charge is 0.244 e. The van der Waals surface area contributed by atoms with E-state index in [4.69, 9.17) is 5.73 Å². The maximum absolute atomic E-state index is 11.6. The number of rotatable bonds is 4. The molecule has 0 bridgehead atoms. The van der Waals surface area contributed by atoms with Crippen LogP contribution in [0.5, 0.6) is 0 Å². The lowest BCUT2D eigenvalue weighted by Crippen LogP contribution is -2.20. The van der Waals surface area contributed by atoms with Crippen LogP contribution in [0.1, 0.15) is 11.3 Å². The number of hydrogen-bond acceptors (Lipinski definition) is 5. The molecule has 0 saturated heterocycles. The lowest BCUT2D eigenvalue weighted by atomic mass is 10.3. The van der Waals surface area contributed by atoms with Crippen LogP contribution in [0.3, 0.4) is 0 Å². The Bertz CT molecular complexity index is 565. The van der Waals surface area contributed by atoms with Gasteiger partial charge in [0.25, 0.3) is 0 Å². The summed E-state index contributed by atoms with van der Waals surface area (Å²) in [5.41, 5.74) is 6.88. The van der Waals surface area contributed by atoms with E-state index in [0.717, 1.165) is 5.69 Å². The molecule has 3 N–H and O–H groups in total. The third-order valence-corrected chi connectivity index (χ3v) is 2.29. The fraction of sp³-hybridized carbons (Fsp3) is 0.0769. The molecule has 0 spiro atoms. The van der Waals surface area contributed by atoms with Crippen molar-refractivity contribution < 1.29 is 4.79 Å². The maximum atomic E-state index is 11.6. The van der Waals surface area contributed by atoms with Crippen LogP contribution < -0.4 is 11.1 Å². The molecule has 1 amide bonds. The normalized spacial score (nSPS) is 10.5. The highest BCUT2D eigenvalue weighted by Gasteiger charge is 1.97. The average molecular weight is 255 g/mol. The molecule has 2 heterocycles. The minimum Gasteiger partial charge on any atom is -0.368 e. The second-order valence-electron chi connectivity index (χ2n) is 3.75. The quantitative estimate of drug-likeness (QED) is 0.787. The van der Waals surface area contributed by atoms with E-state index in [9.17, 15) is 4.79 Å². The van der Waals surface area contributed by atoms with E-state index >= 15 is 0 Å². The SMILES string of the molecule is Nc1ncc(/C=C/C(=O)NCc2ccccn2)cn1. The molecular formula is C13H13N5O. The summed E-state index contributed by atoms with van der Waals surface area (Å²) in [6, 6.07) is 5.54. The molecule has 19 heavy (non-hydrogen) atoms. The summed E-state index contributed by atoms with van der Waals surface area (Å²) in [4.78, 5) is 23.3. The van der Waals surface area contributed by atoms with Gasteiger partial charge < -0.3 is 11.1 Å². The van der Waals surface area contributed by atoms with Crippen molar-refractivity contribution in [3.05, 3.63) is 54.1 Å². The summed E-state index contributed by atoms with van der Waals surface area (Å²) in [7, 11) is 0. The number of nitrogens with one attached hydrogen (secondary N) is 1. The molecule has 2 aromatic heterocycles. The van der Waals surface area contributed by atoms with Crippen molar-refractivity contribution in [1.82, 2.24) is 20.3 Å². The number of amides is 1. The first-order chi connectivity index (χ1) is 9.24. The lowest BCUT2D eigenvalue weighted by molar-refractivity contribution is -0.116. The number of nitrogen functional groups attached to an aromatic ring is 1. The Hall–Kier alpha value is -2.76. The third kappa shape index (κ3) is 4.19. The van der Waals surface area contributed by atoms with E-state index in [-0.39, 0.29) is 11.9 Å². The molecule has 0 radical (unpaired) electrons. The molecule has 0 aliphatic carbocycles. The fourth-order valence-corrected chi connectivity index (χ4v) is 1.35. The largest absolute Gasteiger partial charge is 0.368 e. The topological polar surface area (TPSA) is 93.8 Å². The summed E-state index contributed by atoms with van der Waals surface area (Å²) in [5.74, 6) is -0.000712. The number of carbonyl (C=O) groups is 1. The van der Waals surface area contributed by atoms with Crippen LogP contribution in [-0.4, -0.2) is 20.9 Å². The molecule has 0 saturated carbocycles. The number of carbonyl (C=O) groups excluding carboxylic acids is 1. The van der Waals surface area contributed by atoms with Gasteiger partial charge in [-0.3, -0.25) is 9.78 Å². The second kappa shape index (κ2) is 6.25. The van der Waals surface area contributed by atoms with E-state index in [1.165, 1.54) is 6.08 Å². The van der Waals surface area contributed by atoms with Gasteiger partial charge in [0.05, 0.1) is 12.2 Å². The van der Waals surface area contributed by atoms with Crippen molar-refractivity contribution in [2.45, 2.75) is 6.54 Å². The van der Waals surface area contributed by atoms with Crippen LogP contribution in [0.2, 0.25) is 0 Å². The predicted molar refractivity (Wildman–Crippen MR) is 71.6 cm³/mol. The molecule has 0 atom stereocenters. The van der Waals surface area contributed by atoms with Gasteiger partial charge in [0, 0.05) is 30.2 Å². The molecule has 2 rings (SSSR count). The van der Waals surface area contributed by atoms with Crippen LogP contribution in [0.4, 0.5) is 5.95 Å². The van der Waals surface area contributed by atoms with Crippen molar-refractivity contribution in [2.24, 2.45) is 0 Å². The van der Waals surface area contributed by atoms with Crippen molar-refractivity contribution in [2.75, 3.05) is 5.73 Å². The van der Waals surface area contributed by atoms with Crippen LogP contribution in [0.15, 0.2) is 42.9 Å². The molecule has 0 aliphatic heterocycles. The summed E-state index contributed by atoms with van der Waals surface area (Å²) in [6.45, 7) is 0.391. The minimum absolute atomic E-state index is 0.205. The number of nitrogens with two attached hydrogens (primary N) is 1. The zero-order valence-electron chi connectivity index (χ0n) is 10.2. The number of nitrogens with zero attached hydrogens (tertiary/aromatic N) is 3. The zero-order chi connectivity index (χ0) is 13.5. The van der Waals surface area contributed by atoms with Crippen molar-refractivity contribution in [3.8, 4) is 0 Å². The monoisotopic (exact) mass is 255 g/mol. The Kier molecular flexibility index (Phi) is 4.17. The Morgan fingerprint density at radius 1 is 1.26 bits per heavy atom. The minimum atomic E-state index is -0.206. The highest BCUT2D eigenvalue weighted by atomic mass is 16.1. The van der Waals surface area contributed by atoms with Crippen LogP contribution >= 0.6 is 0 Å². The Labute approximate surface area is 110 Å². The Morgan fingerprint density at radius 2 is 2.05 bits per heavy atom. The van der Waals surface area contributed by atoms with E-state index in [1.54, 1.807) is 24.7 Å². The molecule has 6 nitrogen and oxygen atoms in total. The number of hydrogen-bond donors (Lipinski definition) is 2. The van der Waals surface area contributed by atoms with Crippen molar-refractivity contribution >= 4 is 17.9 Å². The molecule has 0 fully saturated rings. The van der Waals surface area contributed by atoms with Crippen LogP contribution in [0, 0.1) is 0 Å². The molecule has 96 valence electrons. The van der Waals surface area contributed by atoms with E-state index in [2.05, 4.69) is 20.3 Å². The highest BCUT2D eigenvalue weighted by Crippen LogP contribution is 1.99. The number of aromatic nitrogens is 3. The van der Waals surface area contributed by atoms with Crippen molar-refractivity contribution in [3.63, 3.8) is 0 Å². The van der Waals surface area contributed by atoms with Crippen LogP contribution in [0.25, 0.3) is 6.08 Å². The first kappa shape index (κ1) is 12.7. The van der Waals surface area contributed by atoms with Gasteiger partial charge in [0.1, 0.15) is 0 Å². The van der Waals surface area contributed by atoms with E-state index < -0.39 is 0 Å². The standard InChI is InChI=1S/C13H13N5O/c14-13-17-7-10(8-18-13)4-5-12(19)16-9-11-3-1-2-6-15-11/h1-8H,9H2,(H,16,19)(H2,14,17,18)/b5-4+. The number of pyridine rings is 1. The van der Waals surface area contributed by atoms with E-state index in [1.807, 2.05) is 18.2 Å². The zero-order valence-corrected chi connectivity index (χ0v) is 10.2. The highest BCUT2D eigenvalue weighted by molar-refractivity contribution is 5.91. The Morgan fingerprint density at radius 3 is 2.74 bits per heavy atom. The first-order valence-electron chi connectivity index (χ1n) is 5.67. The first-order valence-corrected chi connectivity index (χ1v) is 5.67. The molecule has 0 unspecified atom stereocenters. The maximum Gasteiger partial charge on any atom is 0.244 e. The molecule has 0 aliphatic rings. The predicted octanol–water partition coefficient (Wildman–Crippen LogP) is 0.783. The molecule has 6 heteroatoms. The van der Waals surface area contributed by atoms with Gasteiger partial charge in [-0.2, -0.15) is 0 Å². The van der Waals surface area contributed by atoms with Gasteiger partial charge in [-0.15, -0.1) is 0 Å². The van der Waals surface area contributed by atoms with Crippen LogP contribution in [-0.2, 0) is 11.3 Å². The second-order valence-corrected chi connectivity index (χ2v) is 3.75. The summed E-state index contributed by atoms with van der Waals surface area (Å²) in [6.07, 6.45) is 7.81. The van der Waals surface area contributed by atoms with Crippen molar-refractivity contribution in [1.29, 1.82) is 0 Å². The summed E-state index contributed by atoms with van der Waals surface area (Å²) < 4.78 is 0. The fourth-order valence-electron chi connectivity index (χ4n) is 1.35. The third-order valence-electron chi connectivity index (χ3n) is 2.29. The lowest BCUT2D eigenvalue weighted by Gasteiger charge is -2.00. The Balaban J connectivity index is 1.86. The van der Waals surface area contributed by atoms with Gasteiger partial charge >= 0.3 is 0 Å². The molecule has 0 aromatic carbocycles. The van der Waals surface area contributed by atoms with Gasteiger partial charge in [-0.05, 0) is 18.2 Å². The molecular weight excluding hydrogens is 242 g/mol. The van der Waals surface area contributed by atoms with Gasteiger partial charge in [-0.1, -0.05) is 6.07 Å². The van der Waals surface area contributed by atoms with Gasteiger partial charge in [0.2, 0.25) is 11.9 Å².